The summed E-state index contributed by atoms with van der Waals surface area (Å²) in [6.07, 6.45) is 7.02. The zero-order valence-corrected chi connectivity index (χ0v) is 12.2. The first-order chi connectivity index (χ1) is 8.78. The van der Waals surface area contributed by atoms with Crippen LogP contribution in [0.15, 0.2) is 24.3 Å². The second-order valence-corrected chi connectivity index (χ2v) is 5.63. The summed E-state index contributed by atoms with van der Waals surface area (Å²) in [6, 6.07) is 7.98. The van der Waals surface area contributed by atoms with Gasteiger partial charge in [0.05, 0.1) is 0 Å². The minimum atomic E-state index is 0.147. The quantitative estimate of drug-likeness (QED) is 0.798. The van der Waals surface area contributed by atoms with Gasteiger partial charge in [-0.15, -0.1) is 0 Å². The summed E-state index contributed by atoms with van der Waals surface area (Å²) in [4.78, 5) is 11.8. The lowest BCUT2D eigenvalue weighted by Gasteiger charge is -2.09. The molecule has 0 aromatic heterocycles. The average Bonchev–Trinajstić information content (AvgIpc) is 2.90. The highest BCUT2D eigenvalue weighted by molar-refractivity contribution is 9.08. The third kappa shape index (κ3) is 4.13. The van der Waals surface area contributed by atoms with Gasteiger partial charge in [-0.2, -0.15) is 0 Å². The van der Waals surface area contributed by atoms with Crippen LogP contribution in [0, 0.1) is 5.92 Å². The fourth-order valence-corrected chi connectivity index (χ4v) is 2.94. The molecule has 0 aliphatic heterocycles. The van der Waals surface area contributed by atoms with Crippen molar-refractivity contribution in [3.63, 3.8) is 0 Å². The molecule has 1 aromatic rings. The van der Waals surface area contributed by atoms with E-state index in [9.17, 15) is 4.79 Å². The second-order valence-electron chi connectivity index (χ2n) is 5.07. The van der Waals surface area contributed by atoms with Crippen LogP contribution in [-0.2, 0) is 10.1 Å². The van der Waals surface area contributed by atoms with Gasteiger partial charge in [0.25, 0.3) is 0 Å². The van der Waals surface area contributed by atoms with Gasteiger partial charge in [-0.05, 0) is 30.0 Å². The van der Waals surface area contributed by atoms with E-state index in [1.54, 1.807) is 0 Å². The number of hydrogen-bond acceptors (Lipinski definition) is 1. The van der Waals surface area contributed by atoms with Gasteiger partial charge in [-0.1, -0.05) is 53.7 Å². The van der Waals surface area contributed by atoms with Crippen molar-refractivity contribution in [2.45, 2.75) is 43.9 Å². The van der Waals surface area contributed by atoms with Crippen molar-refractivity contribution in [3.05, 3.63) is 29.8 Å². The normalized spacial score (nSPS) is 15.8. The van der Waals surface area contributed by atoms with E-state index in [-0.39, 0.29) is 5.91 Å². The number of hydrogen-bond donors (Lipinski definition) is 1. The van der Waals surface area contributed by atoms with Crippen LogP contribution >= 0.6 is 15.9 Å². The van der Waals surface area contributed by atoms with Gasteiger partial charge in [-0.25, -0.2) is 0 Å². The van der Waals surface area contributed by atoms with Crippen molar-refractivity contribution in [1.29, 1.82) is 0 Å². The van der Waals surface area contributed by atoms with Crippen molar-refractivity contribution < 1.29 is 4.79 Å². The Morgan fingerprint density at radius 2 is 2.11 bits per heavy atom. The number of rotatable bonds is 5. The van der Waals surface area contributed by atoms with Gasteiger partial charge in [0, 0.05) is 17.4 Å². The Morgan fingerprint density at radius 3 is 2.83 bits per heavy atom. The molecular weight excluding hydrogens is 290 g/mol. The Balaban J connectivity index is 1.78. The zero-order chi connectivity index (χ0) is 12.8. The van der Waals surface area contributed by atoms with Crippen molar-refractivity contribution in [1.82, 2.24) is 0 Å². The topological polar surface area (TPSA) is 29.1 Å². The summed E-state index contributed by atoms with van der Waals surface area (Å²) < 4.78 is 0. The van der Waals surface area contributed by atoms with Crippen molar-refractivity contribution in [2.75, 3.05) is 5.32 Å². The summed E-state index contributed by atoms with van der Waals surface area (Å²) in [5.41, 5.74) is 2.09. The van der Waals surface area contributed by atoms with Gasteiger partial charge < -0.3 is 5.32 Å². The predicted octanol–water partition coefficient (Wildman–Crippen LogP) is 4.49. The molecule has 2 nitrogen and oxygen atoms in total. The maximum absolute atomic E-state index is 11.8. The number of halogens is 1. The summed E-state index contributed by atoms with van der Waals surface area (Å²) in [5, 5.41) is 3.80. The van der Waals surface area contributed by atoms with Crippen LogP contribution in [0.1, 0.15) is 44.1 Å². The van der Waals surface area contributed by atoms with Crippen LogP contribution in [0.3, 0.4) is 0 Å². The van der Waals surface area contributed by atoms with Crippen LogP contribution in [0.25, 0.3) is 0 Å². The van der Waals surface area contributed by atoms with Crippen molar-refractivity contribution in [2.24, 2.45) is 5.92 Å². The van der Waals surface area contributed by atoms with E-state index in [2.05, 4.69) is 21.2 Å². The fraction of sp³-hybridized carbons (Fsp3) is 0.533. The second kappa shape index (κ2) is 6.93. The van der Waals surface area contributed by atoms with Crippen LogP contribution in [0.2, 0.25) is 0 Å². The smallest absolute Gasteiger partial charge is 0.224 e. The van der Waals surface area contributed by atoms with E-state index < -0.39 is 0 Å². The van der Waals surface area contributed by atoms with E-state index in [0.717, 1.165) is 23.4 Å². The largest absolute Gasteiger partial charge is 0.326 e. The van der Waals surface area contributed by atoms with Gasteiger partial charge >= 0.3 is 0 Å². The number of carbonyl (C=O) groups excluding carboxylic acids is 1. The zero-order valence-electron chi connectivity index (χ0n) is 10.6. The Hall–Kier alpha value is -0.830. The van der Waals surface area contributed by atoms with E-state index in [4.69, 9.17) is 0 Å². The maximum atomic E-state index is 11.8. The highest BCUT2D eigenvalue weighted by Crippen LogP contribution is 2.28. The molecule has 1 aromatic carbocycles. The van der Waals surface area contributed by atoms with Gasteiger partial charge in [-0.3, -0.25) is 4.79 Å². The molecule has 0 saturated heterocycles. The lowest BCUT2D eigenvalue weighted by atomic mass is 10.0. The van der Waals surface area contributed by atoms with E-state index in [1.807, 2.05) is 24.3 Å². The first kappa shape index (κ1) is 13.6. The first-order valence-electron chi connectivity index (χ1n) is 6.72. The molecule has 98 valence electrons. The Labute approximate surface area is 117 Å². The van der Waals surface area contributed by atoms with Crippen molar-refractivity contribution in [3.8, 4) is 0 Å². The van der Waals surface area contributed by atoms with E-state index >= 15 is 0 Å². The predicted molar refractivity (Wildman–Crippen MR) is 78.9 cm³/mol. The lowest BCUT2D eigenvalue weighted by molar-refractivity contribution is -0.116. The number of nitrogens with one attached hydrogen (secondary N) is 1. The molecule has 1 N–H and O–H groups in total. The Morgan fingerprint density at radius 1 is 1.33 bits per heavy atom. The third-order valence-electron chi connectivity index (χ3n) is 3.62. The number of anilines is 1. The molecule has 0 bridgehead atoms. The van der Waals surface area contributed by atoms with Gasteiger partial charge in [0.15, 0.2) is 0 Å². The molecule has 2 rings (SSSR count). The molecule has 0 atom stereocenters. The third-order valence-corrected chi connectivity index (χ3v) is 4.27. The molecule has 3 heteroatoms. The minimum Gasteiger partial charge on any atom is -0.326 e. The molecule has 1 aliphatic rings. The highest BCUT2D eigenvalue weighted by Gasteiger charge is 2.16. The standard InChI is InChI=1S/C15H20BrNO/c16-11-13-6-3-7-14(10-13)17-15(18)9-8-12-4-1-2-5-12/h3,6-7,10,12H,1-2,4-5,8-9,11H2,(H,17,18). The molecule has 0 heterocycles. The number of alkyl halides is 1. The van der Waals surface area contributed by atoms with E-state index in [1.165, 1.54) is 31.2 Å². The minimum absolute atomic E-state index is 0.147. The summed E-state index contributed by atoms with van der Waals surface area (Å²) in [6.45, 7) is 0. The Kier molecular flexibility index (Phi) is 5.24. The van der Waals surface area contributed by atoms with Crippen LogP contribution < -0.4 is 5.32 Å². The molecule has 0 spiro atoms. The van der Waals surface area contributed by atoms with Crippen LogP contribution in [-0.4, -0.2) is 5.91 Å². The molecule has 1 saturated carbocycles. The van der Waals surface area contributed by atoms with Crippen molar-refractivity contribution >= 4 is 27.5 Å². The summed E-state index contributed by atoms with van der Waals surface area (Å²) in [7, 11) is 0. The number of benzene rings is 1. The number of carbonyl (C=O) groups is 1. The van der Waals surface area contributed by atoms with Crippen LogP contribution in [0.4, 0.5) is 5.69 Å². The molecule has 1 amide bonds. The SMILES string of the molecule is O=C(CCC1CCCC1)Nc1cccc(CBr)c1. The van der Waals surface area contributed by atoms with Gasteiger partial charge in [0.1, 0.15) is 0 Å². The lowest BCUT2D eigenvalue weighted by Crippen LogP contribution is -2.12. The molecule has 0 radical (unpaired) electrons. The molecule has 0 unspecified atom stereocenters. The first-order valence-corrected chi connectivity index (χ1v) is 7.85. The molecular formula is C15H20BrNO. The summed E-state index contributed by atoms with van der Waals surface area (Å²) in [5.74, 6) is 0.929. The van der Waals surface area contributed by atoms with E-state index in [0.29, 0.717) is 6.42 Å². The monoisotopic (exact) mass is 309 g/mol. The summed E-state index contributed by atoms with van der Waals surface area (Å²) >= 11 is 3.42. The van der Waals surface area contributed by atoms with Gasteiger partial charge in [0.2, 0.25) is 5.91 Å². The van der Waals surface area contributed by atoms with Crippen LogP contribution in [0.5, 0.6) is 0 Å². The molecule has 1 aliphatic carbocycles. The maximum Gasteiger partial charge on any atom is 0.224 e. The average molecular weight is 310 g/mol. The molecule has 1 fully saturated rings. The highest BCUT2D eigenvalue weighted by atomic mass is 79.9. The molecule has 18 heavy (non-hydrogen) atoms. The number of amides is 1. The fourth-order valence-electron chi connectivity index (χ4n) is 2.59. The Bertz CT molecular complexity index is 399.